The van der Waals surface area contributed by atoms with Crippen molar-refractivity contribution in [3.8, 4) is 5.75 Å². The quantitative estimate of drug-likeness (QED) is 0.764. The average Bonchev–Trinajstić information content (AvgIpc) is 2.00. The van der Waals surface area contributed by atoms with E-state index in [1.165, 1.54) is 6.92 Å². The number of carboxylic acids is 1. The third-order valence-corrected chi connectivity index (χ3v) is 1.91. The van der Waals surface area contributed by atoms with Gasteiger partial charge in [-0.15, -0.1) is 0 Å². The molecule has 0 saturated heterocycles. The van der Waals surface area contributed by atoms with Gasteiger partial charge in [0, 0.05) is 0 Å². The molecule has 0 aliphatic rings. The van der Waals surface area contributed by atoms with Gasteiger partial charge in [-0.1, -0.05) is 6.07 Å². The van der Waals surface area contributed by atoms with Crippen LogP contribution >= 0.6 is 0 Å². The first-order chi connectivity index (χ1) is 6.75. The maximum Gasteiger partial charge on any atom is 0.419 e. The van der Waals surface area contributed by atoms with E-state index in [4.69, 9.17) is 5.11 Å². The van der Waals surface area contributed by atoms with E-state index in [0.29, 0.717) is 6.07 Å². The zero-order chi connectivity index (χ0) is 11.8. The maximum atomic E-state index is 12.3. The number of aromatic hydroxyl groups is 1. The van der Waals surface area contributed by atoms with E-state index in [-0.39, 0.29) is 5.56 Å². The van der Waals surface area contributed by atoms with Gasteiger partial charge in [-0.25, -0.2) is 4.79 Å². The van der Waals surface area contributed by atoms with Gasteiger partial charge >= 0.3 is 12.1 Å². The number of hydrogen-bond acceptors (Lipinski definition) is 2. The number of aromatic carboxylic acids is 1. The van der Waals surface area contributed by atoms with Gasteiger partial charge in [0.1, 0.15) is 11.3 Å². The van der Waals surface area contributed by atoms with Crippen LogP contribution in [0.1, 0.15) is 21.5 Å². The van der Waals surface area contributed by atoms with Crippen molar-refractivity contribution in [2.75, 3.05) is 0 Å². The molecular weight excluding hydrogens is 213 g/mol. The number of carboxylic acid groups (broad SMARTS) is 1. The first-order valence-corrected chi connectivity index (χ1v) is 3.88. The Morgan fingerprint density at radius 3 is 2.27 bits per heavy atom. The minimum Gasteiger partial charge on any atom is -0.506 e. The predicted octanol–water partition coefficient (Wildman–Crippen LogP) is 2.42. The van der Waals surface area contributed by atoms with Crippen molar-refractivity contribution < 1.29 is 28.2 Å². The van der Waals surface area contributed by atoms with Crippen molar-refractivity contribution in [3.05, 3.63) is 28.8 Å². The molecule has 0 heterocycles. The standard InChI is InChI=1S/C9H7F3O3/c1-4-2-3-5(9(10,11)12)7(13)6(4)8(14)15/h2-3,13H,1H3,(H,14,15). The molecule has 0 bridgehead atoms. The Balaban J connectivity index is 3.49. The normalized spacial score (nSPS) is 11.5. The van der Waals surface area contributed by atoms with Crippen LogP contribution in [0.15, 0.2) is 12.1 Å². The highest BCUT2D eigenvalue weighted by Gasteiger charge is 2.36. The monoisotopic (exact) mass is 220 g/mol. The minimum absolute atomic E-state index is 0.0769. The zero-order valence-electron chi connectivity index (χ0n) is 7.59. The molecule has 0 unspecified atom stereocenters. The molecule has 0 amide bonds. The number of aryl methyl sites for hydroxylation is 1. The lowest BCUT2D eigenvalue weighted by Gasteiger charge is -2.12. The van der Waals surface area contributed by atoms with Crippen LogP contribution in [-0.2, 0) is 6.18 Å². The number of carbonyl (C=O) groups is 1. The summed E-state index contributed by atoms with van der Waals surface area (Å²) < 4.78 is 36.8. The summed E-state index contributed by atoms with van der Waals surface area (Å²) in [6, 6.07) is 1.66. The Hall–Kier alpha value is -1.72. The summed E-state index contributed by atoms with van der Waals surface area (Å²) in [6.07, 6.45) is -4.76. The van der Waals surface area contributed by atoms with Crippen LogP contribution in [0.4, 0.5) is 13.2 Å². The molecule has 0 spiro atoms. The average molecular weight is 220 g/mol. The van der Waals surface area contributed by atoms with E-state index in [2.05, 4.69) is 0 Å². The van der Waals surface area contributed by atoms with E-state index >= 15 is 0 Å². The molecule has 0 fully saturated rings. The molecular formula is C9H7F3O3. The Morgan fingerprint density at radius 1 is 1.33 bits per heavy atom. The van der Waals surface area contributed by atoms with Crippen LogP contribution in [0.2, 0.25) is 0 Å². The van der Waals surface area contributed by atoms with Gasteiger partial charge in [0.05, 0.1) is 5.56 Å². The SMILES string of the molecule is Cc1ccc(C(F)(F)F)c(O)c1C(=O)O. The van der Waals surface area contributed by atoms with Crippen LogP contribution < -0.4 is 0 Å². The van der Waals surface area contributed by atoms with Gasteiger partial charge in [-0.3, -0.25) is 0 Å². The largest absolute Gasteiger partial charge is 0.506 e. The molecule has 15 heavy (non-hydrogen) atoms. The summed E-state index contributed by atoms with van der Waals surface area (Å²) in [5, 5.41) is 17.8. The van der Waals surface area contributed by atoms with Crippen LogP contribution in [0.25, 0.3) is 0 Å². The van der Waals surface area contributed by atoms with Gasteiger partial charge < -0.3 is 10.2 Å². The molecule has 6 heteroatoms. The van der Waals surface area contributed by atoms with Gasteiger partial charge in [-0.05, 0) is 18.6 Å². The minimum atomic E-state index is -4.76. The third kappa shape index (κ3) is 2.03. The first kappa shape index (κ1) is 11.4. The highest BCUT2D eigenvalue weighted by atomic mass is 19.4. The second-order valence-corrected chi connectivity index (χ2v) is 2.96. The van der Waals surface area contributed by atoms with E-state index in [1.807, 2.05) is 0 Å². The Labute approximate surface area is 82.8 Å². The number of rotatable bonds is 1. The molecule has 82 valence electrons. The molecule has 1 rings (SSSR count). The van der Waals surface area contributed by atoms with E-state index in [0.717, 1.165) is 6.07 Å². The summed E-state index contributed by atoms with van der Waals surface area (Å²) in [6.45, 7) is 1.31. The molecule has 0 aliphatic heterocycles. The fourth-order valence-corrected chi connectivity index (χ4v) is 1.19. The summed E-state index contributed by atoms with van der Waals surface area (Å²) in [5.74, 6) is -2.83. The Kier molecular flexibility index (Phi) is 2.61. The van der Waals surface area contributed by atoms with Crippen molar-refractivity contribution in [2.45, 2.75) is 13.1 Å². The number of phenols is 1. The topological polar surface area (TPSA) is 57.5 Å². The summed E-state index contributed by atoms with van der Waals surface area (Å²) in [4.78, 5) is 10.6. The van der Waals surface area contributed by atoms with Crippen LogP contribution in [0.3, 0.4) is 0 Å². The van der Waals surface area contributed by atoms with E-state index in [9.17, 15) is 23.1 Å². The van der Waals surface area contributed by atoms with Crippen molar-refractivity contribution >= 4 is 5.97 Å². The molecule has 0 aliphatic carbocycles. The van der Waals surface area contributed by atoms with Crippen molar-refractivity contribution in [2.24, 2.45) is 0 Å². The van der Waals surface area contributed by atoms with Crippen LogP contribution in [0, 0.1) is 6.92 Å². The number of benzene rings is 1. The number of halogens is 3. The number of alkyl halides is 3. The smallest absolute Gasteiger partial charge is 0.419 e. The summed E-state index contributed by atoms with van der Waals surface area (Å²) >= 11 is 0. The first-order valence-electron chi connectivity index (χ1n) is 3.88. The molecule has 0 atom stereocenters. The lowest BCUT2D eigenvalue weighted by molar-refractivity contribution is -0.138. The highest BCUT2D eigenvalue weighted by Crippen LogP contribution is 2.38. The molecule has 0 saturated carbocycles. The Morgan fingerprint density at radius 2 is 1.87 bits per heavy atom. The molecule has 1 aromatic rings. The summed E-state index contributed by atoms with van der Waals surface area (Å²) in [7, 11) is 0. The van der Waals surface area contributed by atoms with Crippen molar-refractivity contribution in [1.82, 2.24) is 0 Å². The van der Waals surface area contributed by atoms with Crippen LogP contribution in [-0.4, -0.2) is 16.2 Å². The third-order valence-electron chi connectivity index (χ3n) is 1.91. The van der Waals surface area contributed by atoms with Gasteiger partial charge in [-0.2, -0.15) is 13.2 Å². The van der Waals surface area contributed by atoms with Crippen LogP contribution in [0.5, 0.6) is 5.75 Å². The fraction of sp³-hybridized carbons (Fsp3) is 0.222. The second-order valence-electron chi connectivity index (χ2n) is 2.96. The van der Waals surface area contributed by atoms with Crippen molar-refractivity contribution in [1.29, 1.82) is 0 Å². The van der Waals surface area contributed by atoms with Crippen molar-refractivity contribution in [3.63, 3.8) is 0 Å². The lowest BCUT2D eigenvalue weighted by Crippen LogP contribution is -2.09. The fourth-order valence-electron chi connectivity index (χ4n) is 1.19. The zero-order valence-corrected chi connectivity index (χ0v) is 7.59. The number of hydrogen-bond donors (Lipinski definition) is 2. The van der Waals surface area contributed by atoms with E-state index in [1.54, 1.807) is 0 Å². The highest BCUT2D eigenvalue weighted by molar-refractivity contribution is 5.93. The lowest BCUT2D eigenvalue weighted by atomic mass is 10.0. The van der Waals surface area contributed by atoms with Gasteiger partial charge in [0.15, 0.2) is 0 Å². The summed E-state index contributed by atoms with van der Waals surface area (Å²) in [5.41, 5.74) is -1.98. The second kappa shape index (κ2) is 3.45. The predicted molar refractivity (Wildman–Crippen MR) is 44.8 cm³/mol. The molecule has 1 aromatic carbocycles. The molecule has 3 nitrogen and oxygen atoms in total. The van der Waals surface area contributed by atoms with Gasteiger partial charge in [0.2, 0.25) is 0 Å². The molecule has 0 aromatic heterocycles. The van der Waals surface area contributed by atoms with E-state index < -0.39 is 29.0 Å². The van der Waals surface area contributed by atoms with Gasteiger partial charge in [0.25, 0.3) is 0 Å². The molecule has 2 N–H and O–H groups in total. The Bertz CT molecular complexity index is 410. The maximum absolute atomic E-state index is 12.3. The molecule has 0 radical (unpaired) electrons.